The van der Waals surface area contributed by atoms with E-state index in [-0.39, 0.29) is 12.3 Å². The first-order valence-corrected chi connectivity index (χ1v) is 6.41. The van der Waals surface area contributed by atoms with Gasteiger partial charge in [-0.1, -0.05) is 0 Å². The Hall–Kier alpha value is -2.41. The van der Waals surface area contributed by atoms with Crippen molar-refractivity contribution in [1.82, 2.24) is 15.1 Å². The summed E-state index contributed by atoms with van der Waals surface area (Å²) in [6.45, 7) is 3.13. The zero-order valence-electron chi connectivity index (χ0n) is 11.8. The second-order valence-electron chi connectivity index (χ2n) is 5.23. The molecule has 0 spiro atoms. The molecule has 2 rings (SSSR count). The third-order valence-corrected chi connectivity index (χ3v) is 2.81. The summed E-state index contributed by atoms with van der Waals surface area (Å²) in [7, 11) is 0. The van der Waals surface area contributed by atoms with Crippen LogP contribution in [0.4, 0.5) is 14.9 Å². The van der Waals surface area contributed by atoms with Gasteiger partial charge in [0.15, 0.2) is 0 Å². The molecule has 112 valence electrons. The molecule has 0 unspecified atom stereocenters. The molecule has 0 aliphatic heterocycles. The maximum atomic E-state index is 13.4. The molecule has 6 nitrogen and oxygen atoms in total. The SMILES string of the molecule is CC(C)(CO)NC(=O)Nc1cc(F)ccc1-n1cccn1. The third kappa shape index (κ3) is 3.79. The quantitative estimate of drug-likeness (QED) is 0.805. The molecule has 0 atom stereocenters. The Morgan fingerprint density at radius 1 is 1.48 bits per heavy atom. The number of aliphatic hydroxyl groups is 1. The Morgan fingerprint density at radius 3 is 2.86 bits per heavy atom. The summed E-state index contributed by atoms with van der Waals surface area (Å²) in [4.78, 5) is 11.9. The lowest BCUT2D eigenvalue weighted by Gasteiger charge is -2.24. The number of urea groups is 1. The number of carbonyl (C=O) groups is 1. The van der Waals surface area contributed by atoms with Crippen LogP contribution in [-0.2, 0) is 0 Å². The summed E-state index contributed by atoms with van der Waals surface area (Å²) in [5, 5.41) is 18.4. The molecule has 0 saturated heterocycles. The van der Waals surface area contributed by atoms with E-state index in [9.17, 15) is 9.18 Å². The van der Waals surface area contributed by atoms with E-state index in [2.05, 4.69) is 15.7 Å². The first-order chi connectivity index (χ1) is 9.91. The fourth-order valence-electron chi connectivity index (χ4n) is 1.72. The zero-order valence-corrected chi connectivity index (χ0v) is 11.8. The number of benzene rings is 1. The van der Waals surface area contributed by atoms with Crippen LogP contribution in [0.1, 0.15) is 13.8 Å². The predicted octanol–water partition coefficient (Wildman–Crippen LogP) is 1.90. The first-order valence-electron chi connectivity index (χ1n) is 6.41. The summed E-state index contributed by atoms with van der Waals surface area (Å²) in [5.74, 6) is -0.470. The fraction of sp³-hybridized carbons (Fsp3) is 0.286. The first kappa shape index (κ1) is 15.0. The number of aliphatic hydroxyl groups excluding tert-OH is 1. The summed E-state index contributed by atoms with van der Waals surface area (Å²) < 4.78 is 14.9. The Balaban J connectivity index is 2.23. The lowest BCUT2D eigenvalue weighted by molar-refractivity contribution is 0.187. The van der Waals surface area contributed by atoms with Gasteiger partial charge < -0.3 is 15.7 Å². The maximum absolute atomic E-state index is 13.4. The highest BCUT2D eigenvalue weighted by molar-refractivity contribution is 5.92. The molecule has 21 heavy (non-hydrogen) atoms. The lowest BCUT2D eigenvalue weighted by Crippen LogP contribution is -2.48. The number of aromatic nitrogens is 2. The van der Waals surface area contributed by atoms with Crippen LogP contribution in [0, 0.1) is 5.82 Å². The molecule has 1 aromatic carbocycles. The monoisotopic (exact) mass is 292 g/mol. The summed E-state index contributed by atoms with van der Waals surface area (Å²) in [6.07, 6.45) is 3.27. The Bertz CT molecular complexity index is 626. The molecule has 0 aliphatic carbocycles. The van der Waals surface area contributed by atoms with Gasteiger partial charge in [-0.25, -0.2) is 13.9 Å². The van der Waals surface area contributed by atoms with Crippen LogP contribution in [0.15, 0.2) is 36.7 Å². The standard InChI is InChI=1S/C14H17FN4O2/c1-14(2,9-20)18-13(21)17-11-8-10(15)4-5-12(11)19-7-3-6-16-19/h3-8,20H,9H2,1-2H3,(H2,17,18,21). The van der Waals surface area contributed by atoms with Crippen molar-refractivity contribution in [2.75, 3.05) is 11.9 Å². The normalized spacial score (nSPS) is 11.2. The van der Waals surface area contributed by atoms with E-state index in [0.29, 0.717) is 5.69 Å². The molecule has 3 N–H and O–H groups in total. The van der Waals surface area contributed by atoms with Crippen LogP contribution >= 0.6 is 0 Å². The molecule has 2 aromatic rings. The van der Waals surface area contributed by atoms with Crippen molar-refractivity contribution in [3.05, 3.63) is 42.5 Å². The van der Waals surface area contributed by atoms with Crippen molar-refractivity contribution in [1.29, 1.82) is 0 Å². The van der Waals surface area contributed by atoms with E-state index in [0.717, 1.165) is 0 Å². The lowest BCUT2D eigenvalue weighted by atomic mass is 10.1. The highest BCUT2D eigenvalue weighted by Gasteiger charge is 2.20. The molecule has 1 aromatic heterocycles. The van der Waals surface area contributed by atoms with Crippen LogP contribution in [-0.4, -0.2) is 33.1 Å². The van der Waals surface area contributed by atoms with Crippen molar-refractivity contribution in [3.8, 4) is 5.69 Å². The molecule has 1 heterocycles. The summed E-state index contributed by atoms with van der Waals surface area (Å²) in [6, 6.07) is 5.21. The molecule has 7 heteroatoms. The number of carbonyl (C=O) groups excluding carboxylic acids is 1. The van der Waals surface area contributed by atoms with Crippen LogP contribution < -0.4 is 10.6 Å². The zero-order chi connectivity index (χ0) is 15.5. The van der Waals surface area contributed by atoms with Gasteiger partial charge in [-0.3, -0.25) is 0 Å². The van der Waals surface area contributed by atoms with Gasteiger partial charge in [0.1, 0.15) is 5.82 Å². The number of rotatable bonds is 4. The number of nitrogens with one attached hydrogen (secondary N) is 2. The van der Waals surface area contributed by atoms with Gasteiger partial charge in [0.25, 0.3) is 0 Å². The van der Waals surface area contributed by atoms with Gasteiger partial charge in [-0.05, 0) is 38.1 Å². The second-order valence-corrected chi connectivity index (χ2v) is 5.23. The number of amides is 2. The van der Waals surface area contributed by atoms with Crippen molar-refractivity contribution >= 4 is 11.7 Å². The van der Waals surface area contributed by atoms with Gasteiger partial charge in [0, 0.05) is 12.4 Å². The van der Waals surface area contributed by atoms with E-state index in [1.165, 1.54) is 22.9 Å². The predicted molar refractivity (Wildman–Crippen MR) is 76.8 cm³/mol. The van der Waals surface area contributed by atoms with Gasteiger partial charge in [-0.2, -0.15) is 5.10 Å². The molecule has 0 aliphatic rings. The molecule has 0 bridgehead atoms. The Kier molecular flexibility index (Phi) is 4.23. The molecule has 0 radical (unpaired) electrons. The smallest absolute Gasteiger partial charge is 0.319 e. The van der Waals surface area contributed by atoms with Crippen LogP contribution in [0.3, 0.4) is 0 Å². The topological polar surface area (TPSA) is 79.2 Å². The van der Waals surface area contributed by atoms with Gasteiger partial charge in [0.05, 0.1) is 23.5 Å². The van der Waals surface area contributed by atoms with Crippen molar-refractivity contribution in [2.45, 2.75) is 19.4 Å². The molecule has 2 amide bonds. The van der Waals surface area contributed by atoms with E-state index in [1.807, 2.05) is 0 Å². The number of nitrogens with zero attached hydrogens (tertiary/aromatic N) is 2. The van der Waals surface area contributed by atoms with Crippen molar-refractivity contribution in [2.24, 2.45) is 0 Å². The number of halogens is 1. The Labute approximate surface area is 121 Å². The number of anilines is 1. The van der Waals surface area contributed by atoms with Crippen LogP contribution in [0.25, 0.3) is 5.69 Å². The third-order valence-electron chi connectivity index (χ3n) is 2.81. The molecular formula is C14H17FN4O2. The molecule has 0 fully saturated rings. The largest absolute Gasteiger partial charge is 0.394 e. The highest BCUT2D eigenvalue weighted by atomic mass is 19.1. The second kappa shape index (κ2) is 5.92. The number of hydrogen-bond donors (Lipinski definition) is 3. The molecule has 0 saturated carbocycles. The highest BCUT2D eigenvalue weighted by Crippen LogP contribution is 2.21. The number of hydrogen-bond acceptors (Lipinski definition) is 3. The van der Waals surface area contributed by atoms with Gasteiger partial charge >= 0.3 is 6.03 Å². The van der Waals surface area contributed by atoms with Crippen molar-refractivity contribution in [3.63, 3.8) is 0 Å². The fourth-order valence-corrected chi connectivity index (χ4v) is 1.72. The summed E-state index contributed by atoms with van der Waals surface area (Å²) in [5.41, 5.74) is 0.0480. The minimum absolute atomic E-state index is 0.213. The van der Waals surface area contributed by atoms with Crippen molar-refractivity contribution < 1.29 is 14.3 Å². The van der Waals surface area contributed by atoms with E-state index in [1.54, 1.807) is 32.3 Å². The van der Waals surface area contributed by atoms with E-state index >= 15 is 0 Å². The average molecular weight is 292 g/mol. The summed E-state index contributed by atoms with van der Waals surface area (Å²) >= 11 is 0. The Morgan fingerprint density at radius 2 is 2.24 bits per heavy atom. The van der Waals surface area contributed by atoms with Gasteiger partial charge in [-0.15, -0.1) is 0 Å². The van der Waals surface area contributed by atoms with E-state index < -0.39 is 17.4 Å². The maximum Gasteiger partial charge on any atom is 0.319 e. The average Bonchev–Trinajstić information content (AvgIpc) is 2.92. The van der Waals surface area contributed by atoms with Crippen LogP contribution in [0.5, 0.6) is 0 Å². The van der Waals surface area contributed by atoms with E-state index in [4.69, 9.17) is 5.11 Å². The van der Waals surface area contributed by atoms with Gasteiger partial charge in [0.2, 0.25) is 0 Å². The minimum atomic E-state index is -0.775. The van der Waals surface area contributed by atoms with Crippen LogP contribution in [0.2, 0.25) is 0 Å². The minimum Gasteiger partial charge on any atom is -0.394 e. The molecular weight excluding hydrogens is 275 g/mol.